The van der Waals surface area contributed by atoms with E-state index in [4.69, 9.17) is 46.6 Å². The molecule has 4 aromatic rings. The van der Waals surface area contributed by atoms with Gasteiger partial charge in [0.25, 0.3) is 0 Å². The number of aliphatic hydroxyl groups is 2. The van der Waals surface area contributed by atoms with Gasteiger partial charge in [-0.3, -0.25) is 9.13 Å². The van der Waals surface area contributed by atoms with Crippen molar-refractivity contribution < 1.29 is 28.5 Å². The normalized spacial score (nSPS) is 29.9. The van der Waals surface area contributed by atoms with Crippen molar-refractivity contribution in [3.63, 3.8) is 0 Å². The quantitative estimate of drug-likeness (QED) is 0.261. The lowest BCUT2D eigenvalue weighted by atomic mass is 10.2. The van der Waals surface area contributed by atoms with E-state index in [0.717, 1.165) is 6.42 Å². The van der Waals surface area contributed by atoms with Crippen molar-refractivity contribution in [2.75, 3.05) is 13.2 Å². The fourth-order valence-electron chi connectivity index (χ4n) is 4.95. The summed E-state index contributed by atoms with van der Waals surface area (Å²) in [7, 11) is -2.00. The molecule has 0 aliphatic carbocycles. The van der Waals surface area contributed by atoms with Crippen LogP contribution < -0.4 is 0 Å². The summed E-state index contributed by atoms with van der Waals surface area (Å²) in [6.07, 6.45) is 5.33. The van der Waals surface area contributed by atoms with Crippen molar-refractivity contribution in [1.82, 2.24) is 39.0 Å². The maximum Gasteiger partial charge on any atom is 0.332 e. The van der Waals surface area contributed by atoms with Crippen LogP contribution in [-0.2, 0) is 18.3 Å². The summed E-state index contributed by atoms with van der Waals surface area (Å²) in [5.41, 5.74) is 2.30. The lowest BCUT2D eigenvalue weighted by molar-refractivity contribution is -0.0680. The van der Waals surface area contributed by atoms with Crippen LogP contribution >= 0.6 is 23.2 Å². The molecule has 39 heavy (non-hydrogen) atoms. The number of aliphatic hydroxyl groups excluding tert-OH is 2. The highest BCUT2D eigenvalue weighted by Gasteiger charge is 2.46. The zero-order valence-corrected chi connectivity index (χ0v) is 23.5. The highest BCUT2D eigenvalue weighted by Crippen LogP contribution is 2.37. The Morgan fingerprint density at radius 1 is 0.872 bits per heavy atom. The van der Waals surface area contributed by atoms with Crippen LogP contribution in [0.4, 0.5) is 0 Å². The third kappa shape index (κ3) is 5.14. The number of imidazole rings is 2. The van der Waals surface area contributed by atoms with Crippen LogP contribution in [0.1, 0.15) is 25.3 Å². The van der Waals surface area contributed by atoms with Gasteiger partial charge in [0.2, 0.25) is 0 Å². The number of aromatic nitrogens is 8. The lowest BCUT2D eigenvalue weighted by Crippen LogP contribution is -2.50. The van der Waals surface area contributed by atoms with Gasteiger partial charge in [-0.2, -0.15) is 0 Å². The standard InChI is InChI=1S/C12H15ClN4O3Si.C10H11ClN4O3/c1-21(2)18-4-8-7(20-21)3-9(19-8)17-6-16-10-11(13)14-5-15-12(10)17;11-9-8-10(13-3-12-9)15(4-14-8)7-1-5(17)6(2-16)18-7/h5-9H,3-4H2,1-2H3;3-7,16-17H,1-2H2/t7-,8+,9+;5-,6+,7+/m00/s1. The Balaban J connectivity index is 0.000000144. The second-order valence-electron chi connectivity index (χ2n) is 9.82. The van der Waals surface area contributed by atoms with Gasteiger partial charge in [0.1, 0.15) is 48.4 Å². The van der Waals surface area contributed by atoms with Gasteiger partial charge in [-0.25, -0.2) is 29.9 Å². The van der Waals surface area contributed by atoms with Gasteiger partial charge in [-0.05, 0) is 13.1 Å². The number of nitrogens with zero attached hydrogens (tertiary/aromatic N) is 8. The highest BCUT2D eigenvalue weighted by molar-refractivity contribution is 6.64. The maximum absolute atomic E-state index is 9.71. The zero-order chi connectivity index (χ0) is 27.3. The Bertz CT molecular complexity index is 1490. The van der Waals surface area contributed by atoms with E-state index in [9.17, 15) is 5.11 Å². The van der Waals surface area contributed by atoms with Gasteiger partial charge < -0.3 is 28.5 Å². The second-order valence-corrected chi connectivity index (χ2v) is 13.9. The van der Waals surface area contributed by atoms with E-state index in [2.05, 4.69) is 43.0 Å². The number of ether oxygens (including phenoxy) is 2. The van der Waals surface area contributed by atoms with Gasteiger partial charge in [-0.1, -0.05) is 23.2 Å². The first-order chi connectivity index (χ1) is 18.7. The molecule has 0 amide bonds. The van der Waals surface area contributed by atoms with Crippen molar-refractivity contribution >= 4 is 54.1 Å². The molecule has 0 unspecified atom stereocenters. The Kier molecular flexibility index (Phi) is 7.28. The van der Waals surface area contributed by atoms with E-state index in [-0.39, 0.29) is 30.2 Å². The molecule has 0 bridgehead atoms. The third-order valence-electron chi connectivity index (χ3n) is 6.84. The fraction of sp³-hybridized carbons (Fsp3) is 0.545. The number of hydrogen-bond acceptors (Lipinski definition) is 12. The first-order valence-corrected chi connectivity index (χ1v) is 15.9. The second kappa shape index (κ2) is 10.6. The van der Waals surface area contributed by atoms with Gasteiger partial charge in [0.15, 0.2) is 21.6 Å². The molecule has 3 saturated heterocycles. The van der Waals surface area contributed by atoms with Crippen LogP contribution in [0.15, 0.2) is 25.3 Å². The summed E-state index contributed by atoms with van der Waals surface area (Å²) in [6.45, 7) is 4.47. The van der Waals surface area contributed by atoms with E-state index in [1.54, 1.807) is 17.2 Å². The summed E-state index contributed by atoms with van der Waals surface area (Å²) < 4.78 is 27.0. The molecule has 6 atom stereocenters. The van der Waals surface area contributed by atoms with Gasteiger partial charge in [0, 0.05) is 12.8 Å². The Morgan fingerprint density at radius 3 is 2.03 bits per heavy atom. The Hall–Kier alpha value is -2.34. The average molecular weight is 597 g/mol. The summed E-state index contributed by atoms with van der Waals surface area (Å²) in [4.78, 5) is 24.5. The van der Waals surface area contributed by atoms with Gasteiger partial charge in [-0.15, -0.1) is 0 Å². The van der Waals surface area contributed by atoms with Crippen molar-refractivity contribution in [1.29, 1.82) is 0 Å². The minimum Gasteiger partial charge on any atom is -0.394 e. The summed E-state index contributed by atoms with van der Waals surface area (Å²) in [6, 6.07) is 0. The molecule has 3 aliphatic heterocycles. The predicted molar refractivity (Wildman–Crippen MR) is 139 cm³/mol. The van der Waals surface area contributed by atoms with Crippen molar-refractivity contribution in [2.24, 2.45) is 0 Å². The molecule has 208 valence electrons. The van der Waals surface area contributed by atoms with Crippen LogP contribution in [0.2, 0.25) is 23.4 Å². The minimum atomic E-state index is -2.00. The van der Waals surface area contributed by atoms with Crippen LogP contribution in [-0.4, -0.2) is 95.4 Å². The molecule has 2 N–H and O–H groups in total. The van der Waals surface area contributed by atoms with Crippen molar-refractivity contribution in [3.8, 4) is 0 Å². The monoisotopic (exact) mass is 596 g/mol. The van der Waals surface area contributed by atoms with E-state index in [1.807, 2.05) is 4.57 Å². The average Bonchev–Trinajstić information content (AvgIpc) is 3.68. The van der Waals surface area contributed by atoms with Crippen LogP contribution in [0.5, 0.6) is 0 Å². The van der Waals surface area contributed by atoms with Crippen LogP contribution in [0.25, 0.3) is 22.3 Å². The van der Waals surface area contributed by atoms with E-state index >= 15 is 0 Å². The fourth-order valence-corrected chi connectivity index (χ4v) is 6.91. The molecule has 7 rings (SSSR count). The van der Waals surface area contributed by atoms with Crippen molar-refractivity contribution in [3.05, 3.63) is 35.6 Å². The molecular weight excluding hydrogens is 571 g/mol. The topological polar surface area (TPSA) is 165 Å². The molecule has 3 fully saturated rings. The molecule has 0 spiro atoms. The minimum absolute atomic E-state index is 0.0368. The largest absolute Gasteiger partial charge is 0.394 e. The third-order valence-corrected chi connectivity index (χ3v) is 9.13. The molecule has 0 saturated carbocycles. The van der Waals surface area contributed by atoms with E-state index in [1.165, 1.54) is 12.7 Å². The smallest absolute Gasteiger partial charge is 0.332 e. The van der Waals surface area contributed by atoms with Gasteiger partial charge in [0.05, 0.1) is 38.1 Å². The first-order valence-electron chi connectivity index (χ1n) is 12.3. The molecule has 0 radical (unpaired) electrons. The molecule has 7 heterocycles. The highest BCUT2D eigenvalue weighted by atomic mass is 35.5. The number of halogens is 2. The summed E-state index contributed by atoms with van der Waals surface area (Å²) in [5.74, 6) is 0. The molecule has 0 aromatic carbocycles. The summed E-state index contributed by atoms with van der Waals surface area (Å²) >= 11 is 11.9. The number of hydrogen-bond donors (Lipinski definition) is 2. The summed E-state index contributed by atoms with van der Waals surface area (Å²) in [5, 5.41) is 19.4. The molecule has 17 heteroatoms. The SMILES string of the molecule is C[Si]1(C)OC[C@H]2O[C@@H](n3cnc4c(Cl)ncnc43)C[C@@H]2O1.OC[C@H]1O[C@@H](n2cnc3c(Cl)ncnc32)C[C@@H]1O. The van der Waals surface area contributed by atoms with Crippen LogP contribution in [0, 0.1) is 0 Å². The van der Waals surface area contributed by atoms with Crippen molar-refractivity contribution in [2.45, 2.75) is 62.8 Å². The maximum atomic E-state index is 9.71. The van der Waals surface area contributed by atoms with E-state index in [0.29, 0.717) is 40.5 Å². The Morgan fingerprint density at radius 2 is 1.46 bits per heavy atom. The van der Waals surface area contributed by atoms with Crippen LogP contribution in [0.3, 0.4) is 0 Å². The molecule has 3 aliphatic rings. The Labute approximate surface area is 233 Å². The predicted octanol–water partition coefficient (Wildman–Crippen LogP) is 2.00. The van der Waals surface area contributed by atoms with E-state index < -0.39 is 27.0 Å². The number of fused-ring (bicyclic) bond motifs is 3. The lowest BCUT2D eigenvalue weighted by Gasteiger charge is -2.35. The first kappa shape index (κ1) is 26.9. The van der Waals surface area contributed by atoms with Gasteiger partial charge >= 0.3 is 8.56 Å². The molecular formula is C22H26Cl2N8O6Si. The zero-order valence-electron chi connectivity index (χ0n) is 21.0. The molecule has 14 nitrogen and oxygen atoms in total. The number of rotatable bonds is 3. The molecule has 4 aromatic heterocycles.